The van der Waals surface area contributed by atoms with E-state index in [1.54, 1.807) is 7.11 Å². The van der Waals surface area contributed by atoms with Gasteiger partial charge in [0.2, 0.25) is 5.95 Å². The Morgan fingerprint density at radius 2 is 1.68 bits per heavy atom. The summed E-state index contributed by atoms with van der Waals surface area (Å²) in [5.74, 6) is 2.10. The number of nitrogens with zero attached hydrogens (tertiary/aromatic N) is 3. The Morgan fingerprint density at radius 1 is 0.968 bits per heavy atom. The van der Waals surface area contributed by atoms with E-state index in [4.69, 9.17) is 26.4 Å². The second-order valence-corrected chi connectivity index (χ2v) is 8.46. The van der Waals surface area contributed by atoms with Crippen molar-refractivity contribution in [1.29, 1.82) is 0 Å². The molecule has 0 spiro atoms. The first kappa shape index (κ1) is 19.8. The van der Waals surface area contributed by atoms with Gasteiger partial charge in [0.05, 0.1) is 7.11 Å². The van der Waals surface area contributed by atoms with Crippen LogP contribution in [0.5, 0.6) is 5.75 Å². The Kier molecular flexibility index (Phi) is 5.26. The predicted octanol–water partition coefficient (Wildman–Crippen LogP) is 6.43. The van der Waals surface area contributed by atoms with Crippen molar-refractivity contribution in [3.63, 3.8) is 0 Å². The Bertz CT molecular complexity index is 1270. The Morgan fingerprint density at radius 3 is 2.42 bits per heavy atom. The maximum absolute atomic E-state index is 6.05. The highest BCUT2D eigenvalue weighted by atomic mass is 79.9. The fraction of sp³-hybridized carbons (Fsp3) is 0.0833. The fourth-order valence-corrected chi connectivity index (χ4v) is 4.03. The first-order valence-electron chi connectivity index (χ1n) is 9.72. The Labute approximate surface area is 193 Å². The summed E-state index contributed by atoms with van der Waals surface area (Å²) >= 11 is 9.56. The summed E-state index contributed by atoms with van der Waals surface area (Å²) < 4.78 is 8.57. The smallest absolute Gasteiger partial charge is 0.227 e. The third kappa shape index (κ3) is 3.84. The van der Waals surface area contributed by atoms with Gasteiger partial charge in [-0.3, -0.25) is 0 Å². The maximum Gasteiger partial charge on any atom is 0.227 e. The molecule has 0 bridgehead atoms. The topological polar surface area (TPSA) is 52.0 Å². The lowest BCUT2D eigenvalue weighted by atomic mass is 10.0. The van der Waals surface area contributed by atoms with Crippen LogP contribution in [0.15, 0.2) is 83.3 Å². The predicted molar refractivity (Wildman–Crippen MR) is 127 cm³/mol. The molecule has 0 aliphatic carbocycles. The van der Waals surface area contributed by atoms with E-state index in [0.717, 1.165) is 32.6 Å². The van der Waals surface area contributed by atoms with Crippen LogP contribution < -0.4 is 10.1 Å². The van der Waals surface area contributed by atoms with Gasteiger partial charge in [0.25, 0.3) is 0 Å². The molecule has 3 aromatic carbocycles. The van der Waals surface area contributed by atoms with E-state index in [1.807, 2.05) is 59.3 Å². The molecule has 0 unspecified atom stereocenters. The summed E-state index contributed by atoms with van der Waals surface area (Å²) in [6.07, 6.45) is 2.15. The number of para-hydroxylation sites is 1. The standard InChI is InChI=1S/C24H18BrClN4O/c1-31-22-5-3-2-4-19(22)21-14-20(15-6-10-17(25)11-7-15)27-24-28-23(29-30(21)24)16-8-12-18(26)13-9-16/h2-14,21H,1H3,(H,27,28,29)/t21-/m1/s1. The van der Waals surface area contributed by atoms with E-state index in [2.05, 4.69) is 45.5 Å². The number of benzene rings is 3. The minimum Gasteiger partial charge on any atom is -0.496 e. The van der Waals surface area contributed by atoms with Gasteiger partial charge in [-0.1, -0.05) is 57.9 Å². The van der Waals surface area contributed by atoms with Crippen molar-refractivity contribution in [1.82, 2.24) is 14.8 Å². The highest BCUT2D eigenvalue weighted by Gasteiger charge is 2.27. The molecular weight excluding hydrogens is 476 g/mol. The SMILES string of the molecule is COc1ccccc1[C@H]1C=C(c2ccc(Br)cc2)Nc2nc(-c3ccc(Cl)cc3)nn21. The summed E-state index contributed by atoms with van der Waals surface area (Å²) in [4.78, 5) is 4.78. The van der Waals surface area contributed by atoms with Gasteiger partial charge < -0.3 is 10.1 Å². The molecule has 1 atom stereocenters. The van der Waals surface area contributed by atoms with E-state index >= 15 is 0 Å². The number of methoxy groups -OCH3 is 1. The molecule has 1 aliphatic heterocycles. The summed E-state index contributed by atoms with van der Waals surface area (Å²) in [5.41, 5.74) is 3.93. The molecule has 1 aromatic heterocycles. The monoisotopic (exact) mass is 492 g/mol. The van der Waals surface area contributed by atoms with Crippen LogP contribution >= 0.6 is 27.5 Å². The number of aromatic nitrogens is 3. The van der Waals surface area contributed by atoms with E-state index < -0.39 is 0 Å². The molecule has 0 fully saturated rings. The lowest BCUT2D eigenvalue weighted by Crippen LogP contribution is -2.20. The summed E-state index contributed by atoms with van der Waals surface area (Å²) in [6, 6.07) is 23.5. The molecule has 1 aliphatic rings. The van der Waals surface area contributed by atoms with Crippen LogP contribution in [0.1, 0.15) is 17.2 Å². The lowest BCUT2D eigenvalue weighted by molar-refractivity contribution is 0.404. The quantitative estimate of drug-likeness (QED) is 0.356. The molecule has 2 heterocycles. The van der Waals surface area contributed by atoms with Crippen molar-refractivity contribution in [3.05, 3.63) is 99.5 Å². The minimum absolute atomic E-state index is 0.181. The van der Waals surface area contributed by atoms with Crippen molar-refractivity contribution < 1.29 is 4.74 Å². The van der Waals surface area contributed by atoms with Crippen molar-refractivity contribution in [2.24, 2.45) is 0 Å². The van der Waals surface area contributed by atoms with Crippen LogP contribution in [-0.2, 0) is 0 Å². The van der Waals surface area contributed by atoms with Crippen molar-refractivity contribution >= 4 is 39.2 Å². The lowest BCUT2D eigenvalue weighted by Gasteiger charge is -2.25. The molecule has 5 rings (SSSR count). The van der Waals surface area contributed by atoms with Gasteiger partial charge in [0.1, 0.15) is 11.8 Å². The van der Waals surface area contributed by atoms with Crippen LogP contribution in [0.2, 0.25) is 5.02 Å². The van der Waals surface area contributed by atoms with Crippen molar-refractivity contribution in [2.75, 3.05) is 12.4 Å². The highest BCUT2D eigenvalue weighted by molar-refractivity contribution is 9.10. The molecule has 4 aromatic rings. The van der Waals surface area contributed by atoms with Crippen LogP contribution in [0.3, 0.4) is 0 Å². The highest BCUT2D eigenvalue weighted by Crippen LogP contribution is 2.37. The molecule has 0 saturated heterocycles. The largest absolute Gasteiger partial charge is 0.496 e. The maximum atomic E-state index is 6.05. The third-order valence-corrected chi connectivity index (χ3v) is 5.96. The second-order valence-electron chi connectivity index (χ2n) is 7.11. The Hall–Kier alpha value is -3.09. The average Bonchev–Trinajstić information content (AvgIpc) is 3.23. The first-order valence-corrected chi connectivity index (χ1v) is 10.9. The zero-order valence-electron chi connectivity index (χ0n) is 16.6. The number of rotatable bonds is 4. The van der Waals surface area contributed by atoms with Gasteiger partial charge in [-0.2, -0.15) is 4.98 Å². The van der Waals surface area contributed by atoms with E-state index in [0.29, 0.717) is 16.8 Å². The summed E-state index contributed by atoms with van der Waals surface area (Å²) in [5, 5.41) is 8.94. The number of nitrogens with one attached hydrogen (secondary N) is 1. The third-order valence-electron chi connectivity index (χ3n) is 5.18. The molecule has 154 valence electrons. The number of hydrogen-bond acceptors (Lipinski definition) is 4. The molecule has 0 saturated carbocycles. The molecule has 7 heteroatoms. The summed E-state index contributed by atoms with van der Waals surface area (Å²) in [7, 11) is 1.68. The van der Waals surface area contributed by atoms with Crippen molar-refractivity contribution in [3.8, 4) is 17.1 Å². The van der Waals surface area contributed by atoms with Gasteiger partial charge >= 0.3 is 0 Å². The van der Waals surface area contributed by atoms with E-state index in [1.165, 1.54) is 0 Å². The van der Waals surface area contributed by atoms with E-state index in [9.17, 15) is 0 Å². The van der Waals surface area contributed by atoms with Crippen LogP contribution in [0.25, 0.3) is 17.1 Å². The molecule has 0 amide bonds. The normalized spacial score (nSPS) is 15.1. The number of fused-ring (bicyclic) bond motifs is 1. The molecule has 5 nitrogen and oxygen atoms in total. The first-order chi connectivity index (χ1) is 15.1. The van der Waals surface area contributed by atoms with Crippen LogP contribution in [0.4, 0.5) is 5.95 Å². The van der Waals surface area contributed by atoms with E-state index in [-0.39, 0.29) is 6.04 Å². The molecule has 1 N–H and O–H groups in total. The number of allylic oxidation sites excluding steroid dienone is 1. The Balaban J connectivity index is 1.64. The number of halogens is 2. The minimum atomic E-state index is -0.181. The zero-order valence-corrected chi connectivity index (χ0v) is 18.9. The number of anilines is 1. The van der Waals surface area contributed by atoms with Gasteiger partial charge in [-0.05, 0) is 54.1 Å². The van der Waals surface area contributed by atoms with Crippen LogP contribution in [0, 0.1) is 0 Å². The van der Waals surface area contributed by atoms with Gasteiger partial charge in [0.15, 0.2) is 5.82 Å². The number of ether oxygens (including phenoxy) is 1. The van der Waals surface area contributed by atoms with Gasteiger partial charge in [0, 0.05) is 26.3 Å². The average molecular weight is 494 g/mol. The zero-order chi connectivity index (χ0) is 21.4. The van der Waals surface area contributed by atoms with Gasteiger partial charge in [-0.15, -0.1) is 5.10 Å². The number of hydrogen-bond donors (Lipinski definition) is 1. The molecule has 0 radical (unpaired) electrons. The second kappa shape index (κ2) is 8.21. The summed E-state index contributed by atoms with van der Waals surface area (Å²) in [6.45, 7) is 0. The molecular formula is C24H18BrClN4O. The molecule has 31 heavy (non-hydrogen) atoms. The van der Waals surface area contributed by atoms with Gasteiger partial charge in [-0.25, -0.2) is 4.68 Å². The fourth-order valence-electron chi connectivity index (χ4n) is 3.64. The van der Waals surface area contributed by atoms with Crippen molar-refractivity contribution in [2.45, 2.75) is 6.04 Å². The van der Waals surface area contributed by atoms with Crippen LogP contribution in [-0.4, -0.2) is 21.9 Å².